The summed E-state index contributed by atoms with van der Waals surface area (Å²) < 4.78 is 12.6. The molecule has 2 atom stereocenters. The van der Waals surface area contributed by atoms with Crippen LogP contribution in [0.2, 0.25) is 5.02 Å². The zero-order valence-corrected chi connectivity index (χ0v) is 23.4. The number of benzene rings is 2. The molecule has 1 fully saturated rings. The molecule has 0 spiro atoms. The van der Waals surface area contributed by atoms with Gasteiger partial charge in [0.15, 0.2) is 0 Å². The van der Waals surface area contributed by atoms with E-state index in [1.54, 1.807) is 23.1 Å². The second kappa shape index (κ2) is 12.5. The minimum atomic E-state index is -0.318. The molecule has 2 amide bonds. The summed E-state index contributed by atoms with van der Waals surface area (Å²) >= 11 is 6.30. The van der Waals surface area contributed by atoms with E-state index in [1.807, 2.05) is 62.8 Å². The minimum absolute atomic E-state index is 0.0264. The number of amides is 2. The highest BCUT2D eigenvalue weighted by Crippen LogP contribution is 2.28. The van der Waals surface area contributed by atoms with Gasteiger partial charge in [-0.05, 0) is 57.4 Å². The lowest BCUT2D eigenvalue weighted by molar-refractivity contribution is 0.0930. The van der Waals surface area contributed by atoms with Crippen molar-refractivity contribution in [1.29, 1.82) is 0 Å². The first-order chi connectivity index (χ1) is 18.7. The number of nitrogens with one attached hydrogen (secondary N) is 1. The summed E-state index contributed by atoms with van der Waals surface area (Å²) in [6.07, 6.45) is 2.56. The van der Waals surface area contributed by atoms with Crippen LogP contribution in [-0.2, 0) is 18.2 Å². The van der Waals surface area contributed by atoms with E-state index in [1.165, 1.54) is 0 Å². The third-order valence-electron chi connectivity index (χ3n) is 6.65. The molecule has 0 bridgehead atoms. The van der Waals surface area contributed by atoms with Gasteiger partial charge in [-0.15, -0.1) is 0 Å². The number of cyclic esters (lactones) is 1. The van der Waals surface area contributed by atoms with Crippen molar-refractivity contribution in [1.82, 2.24) is 19.8 Å². The van der Waals surface area contributed by atoms with Gasteiger partial charge >= 0.3 is 6.09 Å². The first-order valence-electron chi connectivity index (χ1n) is 13.1. The summed E-state index contributed by atoms with van der Waals surface area (Å²) in [5, 5.41) is 13.0. The molecule has 10 heteroatoms. The van der Waals surface area contributed by atoms with Crippen LogP contribution in [0.25, 0.3) is 11.3 Å². The van der Waals surface area contributed by atoms with Crippen molar-refractivity contribution in [3.8, 4) is 17.0 Å². The van der Waals surface area contributed by atoms with Crippen molar-refractivity contribution in [2.24, 2.45) is 7.05 Å². The fourth-order valence-corrected chi connectivity index (χ4v) is 4.87. The fraction of sp³-hybridized carbons (Fsp3) is 0.414. The largest absolute Gasteiger partial charge is 0.489 e. The number of carbonyl (C=O) groups excluding carboxylic acids is 2. The Bertz CT molecular complexity index is 1310. The van der Waals surface area contributed by atoms with Crippen LogP contribution in [0.4, 0.5) is 4.79 Å². The van der Waals surface area contributed by atoms with Crippen molar-refractivity contribution in [2.45, 2.75) is 51.8 Å². The molecule has 208 valence electrons. The van der Waals surface area contributed by atoms with Crippen LogP contribution in [0, 0.1) is 0 Å². The van der Waals surface area contributed by atoms with Gasteiger partial charge in [0, 0.05) is 37.0 Å². The molecule has 39 heavy (non-hydrogen) atoms. The molecule has 2 heterocycles. The van der Waals surface area contributed by atoms with E-state index in [4.69, 9.17) is 26.1 Å². The third kappa shape index (κ3) is 6.91. The lowest BCUT2D eigenvalue weighted by Crippen LogP contribution is -2.37. The molecule has 3 aromatic rings. The maximum absolute atomic E-state index is 12.9. The number of ether oxygens (including phenoxy) is 2. The third-order valence-corrected chi connectivity index (χ3v) is 6.94. The monoisotopic (exact) mass is 554 g/mol. The summed E-state index contributed by atoms with van der Waals surface area (Å²) in [6, 6.07) is 12.5. The Morgan fingerprint density at radius 2 is 1.95 bits per heavy atom. The molecule has 0 saturated carbocycles. The van der Waals surface area contributed by atoms with Crippen LogP contribution in [-0.4, -0.2) is 63.5 Å². The molecule has 9 nitrogen and oxygen atoms in total. The van der Waals surface area contributed by atoms with Gasteiger partial charge in [-0.2, -0.15) is 0 Å². The molecule has 1 aliphatic rings. The number of aromatic nitrogens is 2. The number of hydrogen-bond acceptors (Lipinski definition) is 6. The van der Waals surface area contributed by atoms with Gasteiger partial charge in [0.25, 0.3) is 5.91 Å². The maximum Gasteiger partial charge on any atom is 0.410 e. The Balaban J connectivity index is 1.42. The van der Waals surface area contributed by atoms with E-state index >= 15 is 0 Å². The van der Waals surface area contributed by atoms with Crippen LogP contribution in [0.15, 0.2) is 48.7 Å². The van der Waals surface area contributed by atoms with Gasteiger partial charge in [-0.25, -0.2) is 9.78 Å². The van der Waals surface area contributed by atoms with Crippen molar-refractivity contribution in [2.75, 3.05) is 19.8 Å². The molecule has 0 unspecified atom stereocenters. The lowest BCUT2D eigenvalue weighted by atomic mass is 10.0. The second-order valence-electron chi connectivity index (χ2n) is 9.97. The van der Waals surface area contributed by atoms with Gasteiger partial charge in [-0.1, -0.05) is 35.9 Å². The van der Waals surface area contributed by atoms with E-state index in [-0.39, 0.29) is 36.8 Å². The first-order valence-corrected chi connectivity index (χ1v) is 13.5. The van der Waals surface area contributed by atoms with E-state index in [0.717, 1.165) is 22.6 Å². The van der Waals surface area contributed by atoms with E-state index in [9.17, 15) is 14.7 Å². The van der Waals surface area contributed by atoms with Crippen molar-refractivity contribution in [3.05, 3.63) is 70.6 Å². The average molecular weight is 555 g/mol. The van der Waals surface area contributed by atoms with Crippen LogP contribution in [0.5, 0.6) is 5.75 Å². The Labute approximate surface area is 233 Å². The zero-order valence-electron chi connectivity index (χ0n) is 22.7. The molecular weight excluding hydrogens is 520 g/mol. The average Bonchev–Trinajstić information content (AvgIpc) is 3.50. The number of halogens is 1. The normalized spacial score (nSPS) is 14.8. The fourth-order valence-electron chi connectivity index (χ4n) is 4.64. The number of aliphatic hydroxyl groups excluding tert-OH is 1. The SMILES string of the molecule is CC(C)Oc1ccc(C(=O)N[C@H](CCO)Cc2ccc(-c3cn(C)c([C@@H](C)N4CCOC4=O)n3)cc2)cc1Cl. The topological polar surface area (TPSA) is 106 Å². The summed E-state index contributed by atoms with van der Waals surface area (Å²) in [5.41, 5.74) is 3.19. The Morgan fingerprint density at radius 3 is 2.56 bits per heavy atom. The highest BCUT2D eigenvalue weighted by atomic mass is 35.5. The molecule has 1 aromatic heterocycles. The Morgan fingerprint density at radius 1 is 1.21 bits per heavy atom. The molecular formula is C29H35ClN4O5. The Hall–Kier alpha value is -3.56. The number of aliphatic hydroxyl groups is 1. The number of hydrogen-bond donors (Lipinski definition) is 2. The molecule has 2 N–H and O–H groups in total. The van der Waals surface area contributed by atoms with Gasteiger partial charge in [0.05, 0.1) is 29.4 Å². The predicted molar refractivity (Wildman–Crippen MR) is 149 cm³/mol. The standard InChI is InChI=1S/C29H35ClN4O5/c1-18(2)39-26-10-9-22(16-24(26)30)28(36)31-23(11-13-35)15-20-5-7-21(8-6-20)25-17-33(4)27(32-25)19(3)34-12-14-38-29(34)37/h5-10,16-19,23,35H,11-15H2,1-4H3,(H,31,36)/t19-,23-/m1/s1. The maximum atomic E-state index is 12.9. The molecule has 1 aliphatic heterocycles. The summed E-state index contributed by atoms with van der Waals surface area (Å²) in [6.45, 7) is 6.65. The first kappa shape index (κ1) is 28.4. The molecule has 2 aromatic carbocycles. The molecule has 0 aliphatic carbocycles. The lowest BCUT2D eigenvalue weighted by Gasteiger charge is -2.20. The Kier molecular flexibility index (Phi) is 9.14. The smallest absolute Gasteiger partial charge is 0.410 e. The van der Waals surface area contributed by atoms with Crippen molar-refractivity contribution >= 4 is 23.6 Å². The number of nitrogens with zero attached hydrogens (tertiary/aromatic N) is 3. The zero-order chi connectivity index (χ0) is 28.1. The molecule has 1 saturated heterocycles. The number of aryl methyl sites for hydroxylation is 1. The van der Waals surface area contributed by atoms with Gasteiger partial charge in [0.2, 0.25) is 0 Å². The quantitative estimate of drug-likeness (QED) is 0.354. The summed E-state index contributed by atoms with van der Waals surface area (Å²) in [4.78, 5) is 31.3. The van der Waals surface area contributed by atoms with Crippen LogP contribution >= 0.6 is 11.6 Å². The van der Waals surface area contributed by atoms with Gasteiger partial charge < -0.3 is 24.5 Å². The van der Waals surface area contributed by atoms with Crippen LogP contribution < -0.4 is 10.1 Å². The van der Waals surface area contributed by atoms with E-state index in [0.29, 0.717) is 42.3 Å². The predicted octanol–water partition coefficient (Wildman–Crippen LogP) is 4.76. The van der Waals surface area contributed by atoms with Crippen molar-refractivity contribution in [3.63, 3.8) is 0 Å². The van der Waals surface area contributed by atoms with Crippen LogP contribution in [0.1, 0.15) is 55.0 Å². The van der Waals surface area contributed by atoms with Gasteiger partial charge in [-0.3, -0.25) is 9.69 Å². The summed E-state index contributed by atoms with van der Waals surface area (Å²) in [7, 11) is 1.92. The number of imidazole rings is 1. The van der Waals surface area contributed by atoms with E-state index in [2.05, 4.69) is 5.32 Å². The molecule has 0 radical (unpaired) electrons. The number of rotatable bonds is 11. The van der Waals surface area contributed by atoms with Crippen molar-refractivity contribution < 1.29 is 24.2 Å². The molecule has 4 rings (SSSR count). The summed E-state index contributed by atoms with van der Waals surface area (Å²) in [5.74, 6) is 1.05. The second-order valence-corrected chi connectivity index (χ2v) is 10.4. The van der Waals surface area contributed by atoms with E-state index < -0.39 is 0 Å². The van der Waals surface area contributed by atoms with Crippen LogP contribution in [0.3, 0.4) is 0 Å². The highest BCUT2D eigenvalue weighted by molar-refractivity contribution is 6.32. The van der Waals surface area contributed by atoms with Gasteiger partial charge in [0.1, 0.15) is 18.2 Å². The number of carbonyl (C=O) groups is 2. The highest BCUT2D eigenvalue weighted by Gasteiger charge is 2.30. The minimum Gasteiger partial charge on any atom is -0.489 e.